The molecule has 0 aromatic carbocycles. The molecule has 0 aliphatic heterocycles. The Morgan fingerprint density at radius 1 is 1.40 bits per heavy atom. The van der Waals surface area contributed by atoms with Crippen LogP contribution in [0.2, 0.25) is 0 Å². The standard InChI is InChI=1S/C10H14N4S/c1-7(3-2-4-11)9-14-8-10(15-9)13-6-5-12-8/h5-7H,2-4,11H2,1H3. The number of thiazole rings is 1. The molecule has 0 fully saturated rings. The molecule has 0 aliphatic carbocycles. The quantitative estimate of drug-likeness (QED) is 0.858. The molecule has 2 aromatic rings. The SMILES string of the molecule is CC(CCCN)c1nc2nccnc2s1. The Morgan fingerprint density at radius 3 is 2.93 bits per heavy atom. The minimum atomic E-state index is 0.453. The van der Waals surface area contributed by atoms with Crippen LogP contribution in [0.3, 0.4) is 0 Å². The molecular weight excluding hydrogens is 208 g/mol. The van der Waals surface area contributed by atoms with Gasteiger partial charge in [0.05, 0.1) is 0 Å². The fourth-order valence-corrected chi connectivity index (χ4v) is 2.40. The summed E-state index contributed by atoms with van der Waals surface area (Å²) in [7, 11) is 0. The first-order valence-corrected chi connectivity index (χ1v) is 5.90. The van der Waals surface area contributed by atoms with Crippen LogP contribution in [0, 0.1) is 0 Å². The van der Waals surface area contributed by atoms with Crippen LogP contribution in [-0.2, 0) is 0 Å². The van der Waals surface area contributed by atoms with Gasteiger partial charge in [-0.3, -0.25) is 0 Å². The smallest absolute Gasteiger partial charge is 0.189 e. The van der Waals surface area contributed by atoms with E-state index in [-0.39, 0.29) is 0 Å². The van der Waals surface area contributed by atoms with Crippen LogP contribution in [0.1, 0.15) is 30.7 Å². The van der Waals surface area contributed by atoms with Crippen molar-refractivity contribution in [2.45, 2.75) is 25.7 Å². The first-order valence-electron chi connectivity index (χ1n) is 5.08. The van der Waals surface area contributed by atoms with Gasteiger partial charge in [0.1, 0.15) is 5.01 Å². The van der Waals surface area contributed by atoms with Crippen molar-refractivity contribution in [1.82, 2.24) is 15.0 Å². The largest absolute Gasteiger partial charge is 0.330 e. The van der Waals surface area contributed by atoms with E-state index in [1.807, 2.05) is 0 Å². The van der Waals surface area contributed by atoms with Crippen molar-refractivity contribution in [1.29, 1.82) is 0 Å². The topological polar surface area (TPSA) is 64.7 Å². The van der Waals surface area contributed by atoms with E-state index in [9.17, 15) is 0 Å². The number of fused-ring (bicyclic) bond motifs is 1. The van der Waals surface area contributed by atoms with Gasteiger partial charge in [0.2, 0.25) is 0 Å². The van der Waals surface area contributed by atoms with E-state index in [0.29, 0.717) is 5.92 Å². The van der Waals surface area contributed by atoms with Crippen LogP contribution in [0.5, 0.6) is 0 Å². The highest BCUT2D eigenvalue weighted by Crippen LogP contribution is 2.27. The minimum absolute atomic E-state index is 0.453. The van der Waals surface area contributed by atoms with Gasteiger partial charge in [-0.1, -0.05) is 18.3 Å². The van der Waals surface area contributed by atoms with E-state index in [0.717, 1.165) is 34.9 Å². The Kier molecular flexibility index (Phi) is 3.23. The summed E-state index contributed by atoms with van der Waals surface area (Å²) in [6.07, 6.45) is 5.50. The molecule has 2 aromatic heterocycles. The van der Waals surface area contributed by atoms with E-state index >= 15 is 0 Å². The lowest BCUT2D eigenvalue weighted by Crippen LogP contribution is -2.01. The third-order valence-corrected chi connectivity index (χ3v) is 3.51. The Morgan fingerprint density at radius 2 is 2.20 bits per heavy atom. The summed E-state index contributed by atoms with van der Waals surface area (Å²) in [5, 5.41) is 1.12. The lowest BCUT2D eigenvalue weighted by Gasteiger charge is -2.05. The highest BCUT2D eigenvalue weighted by Gasteiger charge is 2.11. The molecule has 2 heterocycles. The number of aromatic nitrogens is 3. The monoisotopic (exact) mass is 222 g/mol. The lowest BCUT2D eigenvalue weighted by molar-refractivity contribution is 0.638. The van der Waals surface area contributed by atoms with Gasteiger partial charge in [0.15, 0.2) is 10.5 Å². The van der Waals surface area contributed by atoms with Gasteiger partial charge in [-0.25, -0.2) is 15.0 Å². The zero-order valence-corrected chi connectivity index (χ0v) is 9.50. The maximum atomic E-state index is 5.49. The van der Waals surface area contributed by atoms with Crippen molar-refractivity contribution in [3.05, 3.63) is 17.4 Å². The van der Waals surface area contributed by atoms with Gasteiger partial charge >= 0.3 is 0 Å². The molecule has 2 N–H and O–H groups in total. The Bertz CT molecular complexity index is 407. The van der Waals surface area contributed by atoms with Gasteiger partial charge in [0, 0.05) is 18.3 Å². The second-order valence-electron chi connectivity index (χ2n) is 3.57. The number of nitrogens with zero attached hydrogens (tertiary/aromatic N) is 3. The van der Waals surface area contributed by atoms with Gasteiger partial charge in [-0.15, -0.1) is 0 Å². The molecule has 1 unspecified atom stereocenters. The zero-order chi connectivity index (χ0) is 10.7. The van der Waals surface area contributed by atoms with E-state index in [1.54, 1.807) is 23.7 Å². The summed E-state index contributed by atoms with van der Waals surface area (Å²) in [5.74, 6) is 0.453. The molecule has 0 amide bonds. The van der Waals surface area contributed by atoms with Crippen LogP contribution in [0.15, 0.2) is 12.4 Å². The van der Waals surface area contributed by atoms with Crippen molar-refractivity contribution in [3.8, 4) is 0 Å². The number of hydrogen-bond donors (Lipinski definition) is 1. The molecule has 2 rings (SSSR count). The lowest BCUT2D eigenvalue weighted by atomic mass is 10.1. The first-order chi connectivity index (χ1) is 7.31. The Labute approximate surface area is 92.6 Å². The van der Waals surface area contributed by atoms with Crippen molar-refractivity contribution >= 4 is 21.8 Å². The molecule has 0 saturated carbocycles. The molecule has 0 radical (unpaired) electrons. The predicted molar refractivity (Wildman–Crippen MR) is 61.9 cm³/mol. The molecular formula is C10H14N4S. The fraction of sp³-hybridized carbons (Fsp3) is 0.500. The molecule has 0 bridgehead atoms. The van der Waals surface area contributed by atoms with Crippen molar-refractivity contribution < 1.29 is 0 Å². The van der Waals surface area contributed by atoms with Gasteiger partial charge < -0.3 is 5.73 Å². The van der Waals surface area contributed by atoms with E-state index in [1.165, 1.54) is 0 Å². The normalized spacial score (nSPS) is 13.2. The second-order valence-corrected chi connectivity index (χ2v) is 4.58. The van der Waals surface area contributed by atoms with Crippen molar-refractivity contribution in [2.75, 3.05) is 6.54 Å². The summed E-state index contributed by atoms with van der Waals surface area (Å²) in [4.78, 5) is 13.8. The Hall–Kier alpha value is -1.07. The third kappa shape index (κ3) is 2.30. The van der Waals surface area contributed by atoms with E-state index in [4.69, 9.17) is 5.73 Å². The molecule has 5 heteroatoms. The summed E-state index contributed by atoms with van der Waals surface area (Å²) in [6, 6.07) is 0. The van der Waals surface area contributed by atoms with Crippen LogP contribution in [0.25, 0.3) is 10.5 Å². The van der Waals surface area contributed by atoms with Gasteiger partial charge in [-0.05, 0) is 19.4 Å². The summed E-state index contributed by atoms with van der Waals surface area (Å²) in [6.45, 7) is 2.92. The van der Waals surface area contributed by atoms with Crippen LogP contribution in [0.4, 0.5) is 0 Å². The number of rotatable bonds is 4. The highest BCUT2D eigenvalue weighted by atomic mass is 32.1. The third-order valence-electron chi connectivity index (χ3n) is 2.33. The van der Waals surface area contributed by atoms with E-state index < -0.39 is 0 Å². The summed E-state index contributed by atoms with van der Waals surface area (Å²) < 4.78 is 0. The maximum Gasteiger partial charge on any atom is 0.189 e. The number of hydrogen-bond acceptors (Lipinski definition) is 5. The molecule has 15 heavy (non-hydrogen) atoms. The fourth-order valence-electron chi connectivity index (χ4n) is 1.45. The average molecular weight is 222 g/mol. The second kappa shape index (κ2) is 4.63. The van der Waals surface area contributed by atoms with E-state index in [2.05, 4.69) is 21.9 Å². The molecule has 1 atom stereocenters. The average Bonchev–Trinajstić information content (AvgIpc) is 2.69. The van der Waals surface area contributed by atoms with Crippen molar-refractivity contribution in [3.63, 3.8) is 0 Å². The summed E-state index contributed by atoms with van der Waals surface area (Å²) in [5.41, 5.74) is 6.25. The molecule has 0 aliphatic rings. The minimum Gasteiger partial charge on any atom is -0.330 e. The maximum absolute atomic E-state index is 5.49. The zero-order valence-electron chi connectivity index (χ0n) is 8.68. The van der Waals surface area contributed by atoms with Gasteiger partial charge in [-0.2, -0.15) is 0 Å². The summed E-state index contributed by atoms with van der Waals surface area (Å²) >= 11 is 1.63. The van der Waals surface area contributed by atoms with Crippen LogP contribution < -0.4 is 5.73 Å². The predicted octanol–water partition coefficient (Wildman–Crippen LogP) is 1.93. The molecule has 0 spiro atoms. The molecule has 80 valence electrons. The molecule has 0 saturated heterocycles. The van der Waals surface area contributed by atoms with Crippen LogP contribution in [-0.4, -0.2) is 21.5 Å². The van der Waals surface area contributed by atoms with Crippen LogP contribution >= 0.6 is 11.3 Å². The highest BCUT2D eigenvalue weighted by molar-refractivity contribution is 7.18. The first kappa shape index (κ1) is 10.4. The number of nitrogens with two attached hydrogens (primary N) is 1. The van der Waals surface area contributed by atoms with Gasteiger partial charge in [0.25, 0.3) is 0 Å². The Balaban J connectivity index is 2.20. The van der Waals surface area contributed by atoms with Crippen molar-refractivity contribution in [2.24, 2.45) is 5.73 Å². The molecule has 4 nitrogen and oxygen atoms in total.